The Labute approximate surface area is 108 Å². The standard InChI is InChI=1S/C15H32N2/c1-2-3-4-5-6-10-13-17-14-15(16)11-8-7-9-12-15/h17H,2-14,16H2,1H3. The summed E-state index contributed by atoms with van der Waals surface area (Å²) in [7, 11) is 0. The summed E-state index contributed by atoms with van der Waals surface area (Å²) in [6.45, 7) is 4.46. The number of nitrogens with one attached hydrogen (secondary N) is 1. The van der Waals surface area contributed by atoms with Crippen LogP contribution in [-0.2, 0) is 0 Å². The van der Waals surface area contributed by atoms with E-state index in [1.54, 1.807) is 0 Å². The molecule has 0 saturated heterocycles. The fraction of sp³-hybridized carbons (Fsp3) is 1.00. The van der Waals surface area contributed by atoms with Gasteiger partial charge in [0.15, 0.2) is 0 Å². The molecule has 0 aliphatic heterocycles. The second-order valence-electron chi connectivity index (χ2n) is 5.87. The summed E-state index contributed by atoms with van der Waals surface area (Å²) in [6.07, 6.45) is 14.7. The van der Waals surface area contributed by atoms with Crippen LogP contribution in [0.2, 0.25) is 0 Å². The highest BCUT2D eigenvalue weighted by atomic mass is 14.9. The zero-order valence-electron chi connectivity index (χ0n) is 11.8. The molecular formula is C15H32N2. The molecule has 0 atom stereocenters. The second kappa shape index (κ2) is 8.93. The van der Waals surface area contributed by atoms with Crippen LogP contribution in [0.15, 0.2) is 0 Å². The SMILES string of the molecule is CCCCCCCCNCC1(N)CCCCC1. The van der Waals surface area contributed by atoms with Crippen LogP contribution >= 0.6 is 0 Å². The van der Waals surface area contributed by atoms with Gasteiger partial charge in [-0.2, -0.15) is 0 Å². The van der Waals surface area contributed by atoms with Crippen LogP contribution in [0.3, 0.4) is 0 Å². The second-order valence-corrected chi connectivity index (χ2v) is 5.87. The first-order chi connectivity index (χ1) is 8.27. The molecule has 0 radical (unpaired) electrons. The molecule has 1 aliphatic carbocycles. The van der Waals surface area contributed by atoms with Crippen molar-refractivity contribution < 1.29 is 0 Å². The van der Waals surface area contributed by atoms with Crippen molar-refractivity contribution >= 4 is 0 Å². The summed E-state index contributed by atoms with van der Waals surface area (Å²) < 4.78 is 0. The summed E-state index contributed by atoms with van der Waals surface area (Å²) in [5.41, 5.74) is 6.49. The van der Waals surface area contributed by atoms with Crippen molar-refractivity contribution in [2.75, 3.05) is 13.1 Å². The number of rotatable bonds is 9. The average Bonchev–Trinajstić information content (AvgIpc) is 2.33. The molecule has 102 valence electrons. The summed E-state index contributed by atoms with van der Waals surface area (Å²) in [4.78, 5) is 0. The van der Waals surface area contributed by atoms with Crippen molar-refractivity contribution in [3.8, 4) is 0 Å². The zero-order chi connectivity index (χ0) is 12.4. The minimum absolute atomic E-state index is 0.112. The summed E-state index contributed by atoms with van der Waals surface area (Å²) in [5.74, 6) is 0. The molecule has 1 fully saturated rings. The maximum Gasteiger partial charge on any atom is 0.0280 e. The van der Waals surface area contributed by atoms with Gasteiger partial charge in [-0.1, -0.05) is 58.3 Å². The molecule has 1 aliphatic rings. The highest BCUT2D eigenvalue weighted by Gasteiger charge is 2.26. The lowest BCUT2D eigenvalue weighted by Gasteiger charge is -2.33. The van der Waals surface area contributed by atoms with Gasteiger partial charge >= 0.3 is 0 Å². The van der Waals surface area contributed by atoms with Crippen LogP contribution < -0.4 is 11.1 Å². The molecule has 0 heterocycles. The van der Waals surface area contributed by atoms with E-state index < -0.39 is 0 Å². The van der Waals surface area contributed by atoms with Crippen LogP contribution in [0.4, 0.5) is 0 Å². The fourth-order valence-electron chi connectivity index (χ4n) is 2.80. The van der Waals surface area contributed by atoms with Crippen molar-refractivity contribution in [1.29, 1.82) is 0 Å². The van der Waals surface area contributed by atoms with Gasteiger partial charge in [0.1, 0.15) is 0 Å². The molecule has 2 heteroatoms. The van der Waals surface area contributed by atoms with Crippen LogP contribution in [0.25, 0.3) is 0 Å². The van der Waals surface area contributed by atoms with Gasteiger partial charge in [-0.15, -0.1) is 0 Å². The van der Waals surface area contributed by atoms with E-state index in [4.69, 9.17) is 5.73 Å². The minimum atomic E-state index is 0.112. The van der Waals surface area contributed by atoms with E-state index in [9.17, 15) is 0 Å². The molecule has 0 aromatic rings. The molecule has 0 unspecified atom stereocenters. The van der Waals surface area contributed by atoms with Gasteiger partial charge in [0.2, 0.25) is 0 Å². The van der Waals surface area contributed by atoms with Gasteiger partial charge in [0.05, 0.1) is 0 Å². The van der Waals surface area contributed by atoms with Crippen LogP contribution in [-0.4, -0.2) is 18.6 Å². The third kappa shape index (κ3) is 7.05. The van der Waals surface area contributed by atoms with E-state index in [0.29, 0.717) is 0 Å². The molecule has 0 aromatic carbocycles. The molecule has 1 saturated carbocycles. The lowest BCUT2D eigenvalue weighted by Crippen LogP contribution is -2.50. The predicted octanol–water partition coefficient (Wildman–Crippen LogP) is 3.60. The lowest BCUT2D eigenvalue weighted by molar-refractivity contribution is 0.283. The Kier molecular flexibility index (Phi) is 7.87. The van der Waals surface area contributed by atoms with Crippen LogP contribution in [0.5, 0.6) is 0 Å². The highest BCUT2D eigenvalue weighted by Crippen LogP contribution is 2.25. The summed E-state index contributed by atoms with van der Waals surface area (Å²) >= 11 is 0. The minimum Gasteiger partial charge on any atom is -0.324 e. The maximum atomic E-state index is 6.38. The van der Waals surface area contributed by atoms with Crippen molar-refractivity contribution in [1.82, 2.24) is 5.32 Å². The number of unbranched alkanes of at least 4 members (excludes halogenated alkanes) is 5. The van der Waals surface area contributed by atoms with E-state index in [-0.39, 0.29) is 5.54 Å². The number of hydrogen-bond donors (Lipinski definition) is 2. The Bertz CT molecular complexity index is 174. The topological polar surface area (TPSA) is 38.0 Å². The van der Waals surface area contributed by atoms with Gasteiger partial charge < -0.3 is 11.1 Å². The Morgan fingerprint density at radius 3 is 2.29 bits per heavy atom. The van der Waals surface area contributed by atoms with Gasteiger partial charge in [0, 0.05) is 12.1 Å². The number of nitrogens with two attached hydrogens (primary N) is 1. The van der Waals surface area contributed by atoms with Crippen molar-refractivity contribution in [3.63, 3.8) is 0 Å². The van der Waals surface area contributed by atoms with E-state index in [1.165, 1.54) is 70.6 Å². The molecule has 0 aromatic heterocycles. The predicted molar refractivity (Wildman–Crippen MR) is 76.2 cm³/mol. The highest BCUT2D eigenvalue weighted by molar-refractivity contribution is 4.89. The lowest BCUT2D eigenvalue weighted by atomic mass is 9.82. The molecule has 17 heavy (non-hydrogen) atoms. The van der Waals surface area contributed by atoms with E-state index in [0.717, 1.165) is 13.1 Å². The maximum absolute atomic E-state index is 6.38. The molecule has 0 bridgehead atoms. The molecular weight excluding hydrogens is 208 g/mol. The molecule has 2 nitrogen and oxygen atoms in total. The van der Waals surface area contributed by atoms with Gasteiger partial charge in [-0.3, -0.25) is 0 Å². The fourth-order valence-corrected chi connectivity index (χ4v) is 2.80. The van der Waals surface area contributed by atoms with E-state index in [2.05, 4.69) is 12.2 Å². The van der Waals surface area contributed by atoms with Crippen molar-refractivity contribution in [2.24, 2.45) is 5.73 Å². The van der Waals surface area contributed by atoms with Gasteiger partial charge in [-0.25, -0.2) is 0 Å². The van der Waals surface area contributed by atoms with Crippen molar-refractivity contribution in [2.45, 2.75) is 83.1 Å². The van der Waals surface area contributed by atoms with Crippen molar-refractivity contribution in [3.05, 3.63) is 0 Å². The quantitative estimate of drug-likeness (QED) is 0.604. The first-order valence-corrected chi connectivity index (χ1v) is 7.76. The van der Waals surface area contributed by atoms with Crippen LogP contribution in [0, 0.1) is 0 Å². The van der Waals surface area contributed by atoms with E-state index in [1.807, 2.05) is 0 Å². The zero-order valence-corrected chi connectivity index (χ0v) is 11.8. The normalized spacial score (nSPS) is 19.4. The first kappa shape index (κ1) is 15.0. The molecule has 0 amide bonds. The van der Waals surface area contributed by atoms with Gasteiger partial charge in [-0.05, 0) is 25.8 Å². The summed E-state index contributed by atoms with van der Waals surface area (Å²) in [5, 5.41) is 3.56. The largest absolute Gasteiger partial charge is 0.324 e. The number of hydrogen-bond acceptors (Lipinski definition) is 2. The van der Waals surface area contributed by atoms with Crippen LogP contribution in [0.1, 0.15) is 77.6 Å². The molecule has 1 rings (SSSR count). The third-order valence-corrected chi connectivity index (χ3v) is 4.03. The smallest absolute Gasteiger partial charge is 0.0280 e. The Morgan fingerprint density at radius 2 is 1.59 bits per heavy atom. The summed E-state index contributed by atoms with van der Waals surface area (Å²) in [6, 6.07) is 0. The molecule has 0 spiro atoms. The Morgan fingerprint density at radius 1 is 0.941 bits per heavy atom. The van der Waals surface area contributed by atoms with E-state index >= 15 is 0 Å². The Balaban J connectivity index is 1.89. The third-order valence-electron chi connectivity index (χ3n) is 4.03. The average molecular weight is 240 g/mol. The molecule has 3 N–H and O–H groups in total. The Hall–Kier alpha value is -0.0800. The monoisotopic (exact) mass is 240 g/mol. The first-order valence-electron chi connectivity index (χ1n) is 7.76. The van der Waals surface area contributed by atoms with Gasteiger partial charge in [0.25, 0.3) is 0 Å².